The van der Waals surface area contributed by atoms with Crippen molar-refractivity contribution in [1.82, 2.24) is 0 Å². The second-order valence-corrected chi connectivity index (χ2v) is 4.50. The topological polar surface area (TPSA) is 0 Å². The molecule has 1 aromatic carbocycles. The van der Waals surface area contributed by atoms with Crippen LogP contribution in [0.4, 0.5) is 0 Å². The van der Waals surface area contributed by atoms with Gasteiger partial charge in [-0.15, -0.1) is 11.8 Å². The predicted octanol–water partition coefficient (Wildman–Crippen LogP) is 4.05. The van der Waals surface area contributed by atoms with Gasteiger partial charge in [-0.25, -0.2) is 0 Å². The minimum Gasteiger partial charge on any atom is -0.122 e. The first-order valence-corrected chi connectivity index (χ1v) is 5.50. The van der Waals surface area contributed by atoms with Crippen LogP contribution < -0.4 is 0 Å². The van der Waals surface area contributed by atoms with Crippen LogP contribution in [0.25, 0.3) is 0 Å². The monoisotopic (exact) mass is 192 g/mol. The number of hydrogen-bond donors (Lipinski definition) is 0. The fraction of sp³-hybridized carbons (Fsp3) is 0.333. The highest BCUT2D eigenvalue weighted by atomic mass is 32.2. The van der Waals surface area contributed by atoms with Crippen molar-refractivity contribution in [3.63, 3.8) is 0 Å². The van der Waals surface area contributed by atoms with Crippen LogP contribution in [0.3, 0.4) is 0 Å². The predicted molar refractivity (Wildman–Crippen MR) is 61.3 cm³/mol. The van der Waals surface area contributed by atoms with Gasteiger partial charge in [-0.2, -0.15) is 0 Å². The van der Waals surface area contributed by atoms with Crippen molar-refractivity contribution in [2.45, 2.75) is 25.7 Å². The summed E-state index contributed by atoms with van der Waals surface area (Å²) in [5.74, 6) is 1.07. The van der Waals surface area contributed by atoms with E-state index in [1.807, 2.05) is 11.8 Å². The lowest BCUT2D eigenvalue weighted by Gasteiger charge is -1.98. The second-order valence-electron chi connectivity index (χ2n) is 3.41. The maximum absolute atomic E-state index is 2.25. The third kappa shape index (κ3) is 4.18. The van der Waals surface area contributed by atoms with Gasteiger partial charge >= 0.3 is 0 Å². The van der Waals surface area contributed by atoms with E-state index in [1.54, 1.807) is 0 Å². The number of aryl methyl sites for hydroxylation is 1. The Morgan fingerprint density at radius 2 is 1.85 bits per heavy atom. The Hall–Kier alpha value is -0.690. The molecule has 0 saturated carbocycles. The third-order valence-corrected chi connectivity index (χ3v) is 2.70. The van der Waals surface area contributed by atoms with E-state index in [9.17, 15) is 0 Å². The summed E-state index contributed by atoms with van der Waals surface area (Å²) in [7, 11) is 0. The van der Waals surface area contributed by atoms with Crippen molar-refractivity contribution in [3.8, 4) is 0 Å². The molecule has 0 aromatic heterocycles. The fourth-order valence-corrected chi connectivity index (χ4v) is 1.88. The van der Waals surface area contributed by atoms with Crippen molar-refractivity contribution in [2.75, 3.05) is 5.75 Å². The third-order valence-electron chi connectivity index (χ3n) is 1.76. The van der Waals surface area contributed by atoms with E-state index in [0.717, 1.165) is 5.75 Å². The summed E-state index contributed by atoms with van der Waals surface area (Å²) in [6.07, 6.45) is 2.25. The standard InChI is InChI=1S/C12H16S/c1-10(2)8-9-13-12-6-4-11(3)5-7-12/h4-8H,9H2,1-3H3. The van der Waals surface area contributed by atoms with E-state index < -0.39 is 0 Å². The summed E-state index contributed by atoms with van der Waals surface area (Å²) in [5.41, 5.74) is 2.71. The molecule has 0 spiro atoms. The lowest BCUT2D eigenvalue weighted by molar-refractivity contribution is 1.35. The van der Waals surface area contributed by atoms with Crippen molar-refractivity contribution in [1.29, 1.82) is 0 Å². The Morgan fingerprint density at radius 3 is 2.38 bits per heavy atom. The minimum absolute atomic E-state index is 1.07. The van der Waals surface area contributed by atoms with Gasteiger partial charge in [-0.1, -0.05) is 29.3 Å². The molecule has 0 aliphatic heterocycles. The molecule has 0 heterocycles. The van der Waals surface area contributed by atoms with Crippen LogP contribution in [-0.2, 0) is 0 Å². The molecule has 0 aliphatic rings. The van der Waals surface area contributed by atoms with Crippen LogP contribution in [0.1, 0.15) is 19.4 Å². The maximum atomic E-state index is 2.25. The Kier molecular flexibility index (Phi) is 4.10. The molecule has 0 nitrogen and oxygen atoms in total. The normalized spacial score (nSPS) is 9.77. The lowest BCUT2D eigenvalue weighted by Crippen LogP contribution is -1.76. The SMILES string of the molecule is CC(C)=CCSc1ccc(C)cc1. The molecule has 0 saturated heterocycles. The van der Waals surface area contributed by atoms with Crippen LogP contribution in [0.2, 0.25) is 0 Å². The molecule has 1 aromatic rings. The molecule has 0 N–H and O–H groups in total. The van der Waals surface area contributed by atoms with Crippen molar-refractivity contribution in [2.24, 2.45) is 0 Å². The largest absolute Gasteiger partial charge is 0.122 e. The van der Waals surface area contributed by atoms with Gasteiger partial charge in [0, 0.05) is 10.6 Å². The number of hydrogen-bond acceptors (Lipinski definition) is 1. The first-order valence-electron chi connectivity index (χ1n) is 4.51. The van der Waals surface area contributed by atoms with E-state index >= 15 is 0 Å². The highest BCUT2D eigenvalue weighted by Gasteiger charge is 1.90. The molecule has 0 unspecified atom stereocenters. The summed E-state index contributed by atoms with van der Waals surface area (Å²) >= 11 is 1.88. The average Bonchev–Trinajstić information content (AvgIpc) is 2.08. The van der Waals surface area contributed by atoms with Gasteiger partial charge < -0.3 is 0 Å². The average molecular weight is 192 g/mol. The van der Waals surface area contributed by atoms with Crippen molar-refractivity contribution in [3.05, 3.63) is 41.5 Å². The van der Waals surface area contributed by atoms with Gasteiger partial charge in [-0.3, -0.25) is 0 Å². The van der Waals surface area contributed by atoms with E-state index in [0.29, 0.717) is 0 Å². The molecule has 0 atom stereocenters. The van der Waals surface area contributed by atoms with Gasteiger partial charge in [0.05, 0.1) is 0 Å². The summed E-state index contributed by atoms with van der Waals surface area (Å²) in [5, 5.41) is 0. The molecule has 0 bridgehead atoms. The van der Waals surface area contributed by atoms with E-state index in [1.165, 1.54) is 16.0 Å². The molecule has 0 aliphatic carbocycles. The van der Waals surface area contributed by atoms with Crippen LogP contribution in [-0.4, -0.2) is 5.75 Å². The zero-order valence-electron chi connectivity index (χ0n) is 8.50. The molecular formula is C12H16S. The Balaban J connectivity index is 2.46. The highest BCUT2D eigenvalue weighted by molar-refractivity contribution is 7.99. The molecule has 0 amide bonds. The number of benzene rings is 1. The first-order chi connectivity index (χ1) is 6.18. The summed E-state index contributed by atoms with van der Waals surface area (Å²) in [4.78, 5) is 1.35. The summed E-state index contributed by atoms with van der Waals surface area (Å²) in [6, 6.07) is 8.67. The first kappa shape index (κ1) is 10.4. The smallest absolute Gasteiger partial charge is 0.0163 e. The highest BCUT2D eigenvalue weighted by Crippen LogP contribution is 2.18. The number of thioether (sulfide) groups is 1. The van der Waals surface area contributed by atoms with E-state index in [2.05, 4.69) is 51.1 Å². The van der Waals surface area contributed by atoms with Gasteiger partial charge in [0.1, 0.15) is 0 Å². The minimum atomic E-state index is 1.07. The van der Waals surface area contributed by atoms with Crippen LogP contribution in [0.5, 0.6) is 0 Å². The molecule has 13 heavy (non-hydrogen) atoms. The van der Waals surface area contributed by atoms with E-state index in [4.69, 9.17) is 0 Å². The lowest BCUT2D eigenvalue weighted by atomic mass is 10.2. The molecule has 0 radical (unpaired) electrons. The molecule has 1 rings (SSSR count). The zero-order chi connectivity index (χ0) is 9.68. The number of rotatable bonds is 3. The Labute approximate surface area is 85.1 Å². The quantitative estimate of drug-likeness (QED) is 0.514. The Bertz CT molecular complexity index is 278. The maximum Gasteiger partial charge on any atom is 0.0163 e. The van der Waals surface area contributed by atoms with Crippen molar-refractivity contribution >= 4 is 11.8 Å². The molecular weight excluding hydrogens is 176 g/mol. The zero-order valence-corrected chi connectivity index (χ0v) is 9.32. The Morgan fingerprint density at radius 1 is 1.23 bits per heavy atom. The summed E-state index contributed by atoms with van der Waals surface area (Å²) in [6.45, 7) is 6.38. The second kappa shape index (κ2) is 5.13. The molecule has 70 valence electrons. The van der Waals surface area contributed by atoms with Gasteiger partial charge in [-0.05, 0) is 32.9 Å². The van der Waals surface area contributed by atoms with Crippen LogP contribution in [0, 0.1) is 6.92 Å². The van der Waals surface area contributed by atoms with Gasteiger partial charge in [0.2, 0.25) is 0 Å². The fourth-order valence-electron chi connectivity index (χ4n) is 0.939. The summed E-state index contributed by atoms with van der Waals surface area (Å²) < 4.78 is 0. The van der Waals surface area contributed by atoms with Gasteiger partial charge in [0.15, 0.2) is 0 Å². The van der Waals surface area contributed by atoms with E-state index in [-0.39, 0.29) is 0 Å². The molecule has 0 fully saturated rings. The van der Waals surface area contributed by atoms with Crippen LogP contribution in [0.15, 0.2) is 40.8 Å². The van der Waals surface area contributed by atoms with Crippen LogP contribution >= 0.6 is 11.8 Å². The number of allylic oxidation sites excluding steroid dienone is 1. The van der Waals surface area contributed by atoms with Crippen molar-refractivity contribution < 1.29 is 0 Å². The van der Waals surface area contributed by atoms with Gasteiger partial charge in [0.25, 0.3) is 0 Å². The molecule has 1 heteroatoms.